The van der Waals surface area contributed by atoms with E-state index < -0.39 is 36.6 Å². The number of benzene rings is 4. The molecule has 1 amide bonds. The highest BCUT2D eigenvalue weighted by Crippen LogP contribution is 2.36. The summed E-state index contributed by atoms with van der Waals surface area (Å²) in [5, 5.41) is -0.309. The number of allylic oxidation sites excluding steroid dienone is 1. The van der Waals surface area contributed by atoms with E-state index in [9.17, 15) is 35.2 Å². The highest BCUT2D eigenvalue weighted by molar-refractivity contribution is 7.91. The average molecular weight is 823 g/mol. The first kappa shape index (κ1) is 41.9. The molecule has 0 bridgehead atoms. The molecule has 53 heavy (non-hydrogen) atoms. The summed E-state index contributed by atoms with van der Waals surface area (Å²) in [6.45, 7) is 7.01. The molecule has 0 aromatic heterocycles. The topological polar surface area (TPSA) is 106 Å². The van der Waals surface area contributed by atoms with Crippen LogP contribution in [0.3, 0.4) is 0 Å². The first-order valence-electron chi connectivity index (χ1n) is 16.4. The summed E-state index contributed by atoms with van der Waals surface area (Å²) in [5.74, 6) is -1.92. The van der Waals surface area contributed by atoms with Gasteiger partial charge >= 0.3 is 0 Å². The van der Waals surface area contributed by atoms with E-state index in [2.05, 4.69) is 13.2 Å². The molecule has 0 unspecified atom stereocenters. The van der Waals surface area contributed by atoms with Crippen LogP contribution >= 0.6 is 34.8 Å². The lowest BCUT2D eigenvalue weighted by molar-refractivity contribution is -0.114. The van der Waals surface area contributed by atoms with Crippen LogP contribution in [0.15, 0.2) is 108 Å². The fourth-order valence-electron chi connectivity index (χ4n) is 6.08. The van der Waals surface area contributed by atoms with Gasteiger partial charge in [-0.1, -0.05) is 72.8 Å². The van der Waals surface area contributed by atoms with Gasteiger partial charge in [0.25, 0.3) is 0 Å². The highest BCUT2D eigenvalue weighted by Gasteiger charge is 2.30. The van der Waals surface area contributed by atoms with E-state index in [1.54, 1.807) is 18.2 Å². The minimum absolute atomic E-state index is 0.0531. The average Bonchev–Trinajstić information content (AvgIpc) is 3.13. The minimum Gasteiger partial charge on any atom is -0.307 e. The van der Waals surface area contributed by atoms with Crippen LogP contribution in [0, 0.1) is 11.6 Å². The molecule has 4 aromatic carbocycles. The predicted molar refractivity (Wildman–Crippen MR) is 206 cm³/mol. The summed E-state index contributed by atoms with van der Waals surface area (Å²) in [5.41, 5.74) is 4.00. The Morgan fingerprint density at radius 1 is 0.698 bits per heavy atom. The quantitative estimate of drug-likeness (QED) is 0.130. The zero-order valence-electron chi connectivity index (χ0n) is 28.5. The Bertz CT molecular complexity index is 2260. The van der Waals surface area contributed by atoms with Crippen LogP contribution in [0.25, 0.3) is 0 Å². The first-order valence-corrected chi connectivity index (χ1v) is 20.8. The number of halogens is 5. The first-order chi connectivity index (χ1) is 25.1. The summed E-state index contributed by atoms with van der Waals surface area (Å²) in [6, 6.07) is 17.9. The molecular weight excluding hydrogens is 787 g/mol. The molecule has 280 valence electrons. The van der Waals surface area contributed by atoms with E-state index in [1.165, 1.54) is 41.3 Å². The number of para-hydroxylation sites is 1. The van der Waals surface area contributed by atoms with Gasteiger partial charge in [-0.25, -0.2) is 25.6 Å². The van der Waals surface area contributed by atoms with Crippen LogP contribution in [0.4, 0.5) is 14.5 Å². The number of carbonyl (C=O) groups is 2. The summed E-state index contributed by atoms with van der Waals surface area (Å²) < 4.78 is 77.9. The fraction of sp³-hybridized carbons (Fsp3) is 0.231. The summed E-state index contributed by atoms with van der Waals surface area (Å²) in [7, 11) is -7.30. The van der Waals surface area contributed by atoms with Crippen molar-refractivity contribution in [3.05, 3.63) is 148 Å². The molecule has 6 rings (SSSR count). The second-order valence-corrected chi connectivity index (χ2v) is 17.3. The van der Waals surface area contributed by atoms with Crippen LogP contribution < -0.4 is 4.90 Å². The monoisotopic (exact) mass is 821 g/mol. The van der Waals surface area contributed by atoms with Gasteiger partial charge in [0.15, 0.2) is 19.7 Å². The minimum atomic E-state index is -3.80. The lowest BCUT2D eigenvalue weighted by Crippen LogP contribution is -2.35. The van der Waals surface area contributed by atoms with Crippen molar-refractivity contribution >= 4 is 71.3 Å². The Labute approximate surface area is 323 Å². The van der Waals surface area contributed by atoms with E-state index in [-0.39, 0.29) is 32.4 Å². The zero-order valence-corrected chi connectivity index (χ0v) is 32.4. The lowest BCUT2D eigenvalue weighted by Gasteiger charge is -2.30. The van der Waals surface area contributed by atoms with Gasteiger partial charge in [0.1, 0.15) is 11.6 Å². The molecule has 0 atom stereocenters. The van der Waals surface area contributed by atoms with Crippen LogP contribution in [0.1, 0.15) is 47.1 Å². The standard InChI is InChI=1S/C19H17ClFNO3S.C17H16ClFO2S.C3H3ClO/c1-2-18(23)22-10-4-6-13-5-3-7-17(19(13)22)26(24,25)12-14-8-9-15(21)11-16(14)20;18-16-10-14(19)9-8-13(16)11-22(20,21)17-7-3-5-12-4-1-2-6-15(12)17;1-2-3(4)5/h2-3,5,7-9,11H,1,4,6,10,12H2;3,5,7-10H,1-2,4,6,11H2;2H,1H2. The summed E-state index contributed by atoms with van der Waals surface area (Å²) in [6.07, 6.45) is 7.49. The number of sulfone groups is 2. The smallest absolute Gasteiger partial charge is 0.250 e. The molecule has 4 aromatic rings. The number of carbonyl (C=O) groups excluding carboxylic acids is 2. The van der Waals surface area contributed by atoms with Gasteiger partial charge in [0.2, 0.25) is 11.1 Å². The van der Waals surface area contributed by atoms with Crippen molar-refractivity contribution in [3.63, 3.8) is 0 Å². The van der Waals surface area contributed by atoms with Crippen LogP contribution in [0.2, 0.25) is 10.0 Å². The lowest BCUT2D eigenvalue weighted by atomic mass is 9.92. The number of nitrogens with zero attached hydrogens (tertiary/aromatic N) is 1. The molecule has 1 aliphatic heterocycles. The molecule has 0 fully saturated rings. The van der Waals surface area contributed by atoms with Gasteiger partial charge < -0.3 is 4.90 Å². The molecule has 0 saturated carbocycles. The SMILES string of the molecule is C=CC(=O)Cl.C=CC(=O)N1CCCc2cccc(S(=O)(=O)Cc3ccc(F)cc3Cl)c21.O=S(=O)(Cc1ccc(F)cc1Cl)c1cccc2c1CCCC2. The van der Waals surface area contributed by atoms with Crippen LogP contribution in [-0.2, 0) is 60.0 Å². The van der Waals surface area contributed by atoms with Gasteiger partial charge in [-0.2, -0.15) is 0 Å². The highest BCUT2D eigenvalue weighted by atomic mass is 35.5. The van der Waals surface area contributed by atoms with Crippen LogP contribution in [-0.4, -0.2) is 34.5 Å². The number of amides is 1. The number of hydrogen-bond donors (Lipinski definition) is 0. The van der Waals surface area contributed by atoms with Gasteiger partial charge in [-0.15, -0.1) is 0 Å². The van der Waals surface area contributed by atoms with E-state index in [4.69, 9.17) is 34.8 Å². The molecule has 0 saturated heterocycles. The molecule has 0 N–H and O–H groups in total. The number of rotatable bonds is 8. The number of anilines is 1. The predicted octanol–water partition coefficient (Wildman–Crippen LogP) is 9.19. The Balaban J connectivity index is 0.000000212. The molecule has 7 nitrogen and oxygen atoms in total. The third-order valence-electron chi connectivity index (χ3n) is 8.53. The van der Waals surface area contributed by atoms with Crippen LogP contribution in [0.5, 0.6) is 0 Å². The van der Waals surface area contributed by atoms with E-state index >= 15 is 0 Å². The molecule has 14 heteroatoms. The number of aryl methyl sites for hydroxylation is 2. The van der Waals surface area contributed by atoms with E-state index in [1.807, 2.05) is 12.1 Å². The molecule has 2 aliphatic rings. The maximum absolute atomic E-state index is 13.2. The zero-order chi connectivity index (χ0) is 38.9. The van der Waals surface area contributed by atoms with Crippen molar-refractivity contribution in [1.29, 1.82) is 0 Å². The van der Waals surface area contributed by atoms with Crippen molar-refractivity contribution in [2.45, 2.75) is 59.8 Å². The molecule has 1 aliphatic carbocycles. The van der Waals surface area contributed by atoms with E-state index in [0.717, 1.165) is 67.0 Å². The Kier molecular flexibility index (Phi) is 14.6. The van der Waals surface area contributed by atoms with Gasteiger partial charge in [-0.3, -0.25) is 9.59 Å². The molecular formula is C39H36Cl3F2NO6S2. The second-order valence-electron chi connectivity index (χ2n) is 12.2. The Hall–Kier alpha value is -3.87. The van der Waals surface area contributed by atoms with Gasteiger partial charge in [0.05, 0.1) is 27.0 Å². The maximum atomic E-state index is 13.2. The normalized spacial score (nSPS) is 13.6. The Morgan fingerprint density at radius 3 is 1.72 bits per heavy atom. The van der Waals surface area contributed by atoms with Crippen molar-refractivity contribution in [2.75, 3.05) is 11.4 Å². The number of fused-ring (bicyclic) bond motifs is 2. The van der Waals surface area contributed by atoms with E-state index in [0.29, 0.717) is 34.7 Å². The second kappa shape index (κ2) is 18.4. The molecule has 0 spiro atoms. The van der Waals surface area contributed by atoms with Crippen molar-refractivity contribution < 1.29 is 35.2 Å². The molecule has 0 radical (unpaired) electrons. The maximum Gasteiger partial charge on any atom is 0.250 e. The van der Waals surface area contributed by atoms with Crippen molar-refractivity contribution in [2.24, 2.45) is 0 Å². The Morgan fingerprint density at radius 2 is 1.19 bits per heavy atom. The van der Waals surface area contributed by atoms with Gasteiger partial charge in [-0.05, 0) is 126 Å². The van der Waals surface area contributed by atoms with Crippen molar-refractivity contribution in [3.8, 4) is 0 Å². The van der Waals surface area contributed by atoms with Crippen molar-refractivity contribution in [1.82, 2.24) is 0 Å². The summed E-state index contributed by atoms with van der Waals surface area (Å²) in [4.78, 5) is 23.6. The summed E-state index contributed by atoms with van der Waals surface area (Å²) >= 11 is 16.7. The fourth-order valence-corrected chi connectivity index (χ4v) is 10.1. The largest absolute Gasteiger partial charge is 0.307 e. The molecule has 1 heterocycles. The van der Waals surface area contributed by atoms with Gasteiger partial charge in [0, 0.05) is 16.6 Å². The number of hydrogen-bond acceptors (Lipinski definition) is 6. The third kappa shape index (κ3) is 10.9. The third-order valence-corrected chi connectivity index (χ3v) is 12.8.